The van der Waals surface area contributed by atoms with E-state index in [1.807, 2.05) is 6.92 Å². The maximum Gasteiger partial charge on any atom is 0.249 e. The molecule has 76 valence electrons. The molecule has 0 bridgehead atoms. The molecule has 4 heteroatoms. The summed E-state index contributed by atoms with van der Waals surface area (Å²) in [5.74, 6) is 0.0641. The molecule has 2 atom stereocenters. The van der Waals surface area contributed by atoms with E-state index in [2.05, 4.69) is 27.9 Å². The lowest BCUT2D eigenvalue weighted by Crippen LogP contribution is -2.35. The van der Waals surface area contributed by atoms with E-state index >= 15 is 0 Å². The number of ether oxygens (including phenoxy) is 1. The third kappa shape index (κ3) is 3.81. The Bertz CT molecular complexity index is 175. The molecule has 2 unspecified atom stereocenters. The van der Waals surface area contributed by atoms with E-state index in [0.717, 1.165) is 30.2 Å². The molecule has 1 amide bonds. The van der Waals surface area contributed by atoms with Crippen molar-refractivity contribution in [3.8, 4) is 0 Å². The van der Waals surface area contributed by atoms with Crippen LogP contribution in [0.4, 0.5) is 0 Å². The number of hydrogen-bond acceptors (Lipinski definition) is 2. The van der Waals surface area contributed by atoms with E-state index in [9.17, 15) is 4.79 Å². The zero-order chi connectivity index (χ0) is 9.68. The van der Waals surface area contributed by atoms with Crippen LogP contribution in [0, 0.1) is 0 Å². The number of carbonyl (C=O) groups is 1. The van der Waals surface area contributed by atoms with Gasteiger partial charge in [-0.15, -0.1) is 0 Å². The Balaban J connectivity index is 2.16. The van der Waals surface area contributed by atoms with Crippen molar-refractivity contribution in [1.29, 1.82) is 0 Å². The fraction of sp³-hybridized carbons (Fsp3) is 0.889. The summed E-state index contributed by atoms with van der Waals surface area (Å²) in [7, 11) is 0. The van der Waals surface area contributed by atoms with Crippen LogP contribution in [0.1, 0.15) is 26.2 Å². The van der Waals surface area contributed by atoms with E-state index in [4.69, 9.17) is 4.74 Å². The van der Waals surface area contributed by atoms with E-state index < -0.39 is 0 Å². The zero-order valence-corrected chi connectivity index (χ0v) is 10.0. The number of hydrogen-bond donors (Lipinski definition) is 1. The second-order valence-electron chi connectivity index (χ2n) is 3.35. The molecular weight excluding hydrogens is 281 g/mol. The fourth-order valence-corrected chi connectivity index (χ4v) is 1.77. The molecule has 1 aliphatic heterocycles. The number of halogens is 1. The lowest BCUT2D eigenvalue weighted by atomic mass is 10.2. The van der Waals surface area contributed by atoms with Gasteiger partial charge in [0, 0.05) is 11.0 Å². The van der Waals surface area contributed by atoms with Crippen LogP contribution in [0.5, 0.6) is 0 Å². The summed E-state index contributed by atoms with van der Waals surface area (Å²) in [6.07, 6.45) is 2.97. The normalized spacial score (nSPS) is 27.5. The quantitative estimate of drug-likeness (QED) is 0.485. The molecular formula is C9H16INO2. The van der Waals surface area contributed by atoms with Crippen molar-refractivity contribution in [3.05, 3.63) is 0 Å². The summed E-state index contributed by atoms with van der Waals surface area (Å²) in [6, 6.07) is 0. The summed E-state index contributed by atoms with van der Waals surface area (Å²) in [4.78, 5) is 11.4. The van der Waals surface area contributed by atoms with Crippen LogP contribution in [0.15, 0.2) is 0 Å². The molecule has 0 aliphatic carbocycles. The standard InChI is InChI=1S/C9H16INO2/c1-7-3-4-8(13-7)9(12)11-6-2-5-10/h7-8H,2-6H2,1H3,(H,11,12). The van der Waals surface area contributed by atoms with Gasteiger partial charge in [-0.1, -0.05) is 22.6 Å². The molecule has 1 fully saturated rings. The molecule has 0 aromatic rings. The average molecular weight is 297 g/mol. The van der Waals surface area contributed by atoms with Crippen molar-refractivity contribution < 1.29 is 9.53 Å². The van der Waals surface area contributed by atoms with Gasteiger partial charge in [-0.2, -0.15) is 0 Å². The molecule has 1 aliphatic rings. The molecule has 1 heterocycles. The van der Waals surface area contributed by atoms with Crippen LogP contribution in [-0.4, -0.2) is 29.1 Å². The van der Waals surface area contributed by atoms with E-state index in [-0.39, 0.29) is 18.1 Å². The number of alkyl halides is 1. The van der Waals surface area contributed by atoms with Gasteiger partial charge in [-0.05, 0) is 26.2 Å². The highest BCUT2D eigenvalue weighted by Crippen LogP contribution is 2.18. The first-order valence-electron chi connectivity index (χ1n) is 4.73. The maximum absolute atomic E-state index is 11.4. The lowest BCUT2D eigenvalue weighted by molar-refractivity contribution is -0.131. The molecule has 0 aromatic heterocycles. The third-order valence-corrected chi connectivity index (χ3v) is 2.90. The van der Waals surface area contributed by atoms with Crippen molar-refractivity contribution >= 4 is 28.5 Å². The second-order valence-corrected chi connectivity index (χ2v) is 4.43. The van der Waals surface area contributed by atoms with Crippen LogP contribution in [0.25, 0.3) is 0 Å². The minimum Gasteiger partial charge on any atom is -0.365 e. The highest BCUT2D eigenvalue weighted by Gasteiger charge is 2.27. The first kappa shape index (κ1) is 11.2. The Morgan fingerprint density at radius 1 is 1.62 bits per heavy atom. The molecule has 0 aromatic carbocycles. The SMILES string of the molecule is CC1CCC(C(=O)NCCCI)O1. The Kier molecular flexibility index (Phi) is 5.01. The third-order valence-electron chi connectivity index (χ3n) is 2.13. The summed E-state index contributed by atoms with van der Waals surface area (Å²) in [5.41, 5.74) is 0. The predicted molar refractivity (Wildman–Crippen MR) is 60.1 cm³/mol. The highest BCUT2D eigenvalue weighted by atomic mass is 127. The van der Waals surface area contributed by atoms with Crippen molar-refractivity contribution in [3.63, 3.8) is 0 Å². The lowest BCUT2D eigenvalue weighted by Gasteiger charge is -2.10. The minimum atomic E-state index is -0.191. The topological polar surface area (TPSA) is 38.3 Å². The van der Waals surface area contributed by atoms with Gasteiger partial charge in [0.2, 0.25) is 5.91 Å². The van der Waals surface area contributed by atoms with Crippen LogP contribution >= 0.6 is 22.6 Å². The summed E-state index contributed by atoms with van der Waals surface area (Å²) in [6.45, 7) is 2.79. The largest absolute Gasteiger partial charge is 0.365 e. The number of carbonyl (C=O) groups excluding carboxylic acids is 1. The van der Waals surface area contributed by atoms with Gasteiger partial charge in [0.05, 0.1) is 6.10 Å². The summed E-state index contributed by atoms with van der Waals surface area (Å²) < 4.78 is 6.52. The molecule has 1 saturated heterocycles. The Labute approximate surface area is 92.7 Å². The monoisotopic (exact) mass is 297 g/mol. The Morgan fingerprint density at radius 2 is 2.38 bits per heavy atom. The van der Waals surface area contributed by atoms with E-state index in [1.54, 1.807) is 0 Å². The van der Waals surface area contributed by atoms with Crippen LogP contribution in [0.3, 0.4) is 0 Å². The van der Waals surface area contributed by atoms with Gasteiger partial charge in [0.15, 0.2) is 0 Å². The van der Waals surface area contributed by atoms with E-state index in [0.29, 0.717) is 0 Å². The fourth-order valence-electron chi connectivity index (χ4n) is 1.39. The Hall–Kier alpha value is 0.160. The van der Waals surface area contributed by atoms with Gasteiger partial charge in [0.25, 0.3) is 0 Å². The van der Waals surface area contributed by atoms with Gasteiger partial charge in [0.1, 0.15) is 6.10 Å². The smallest absolute Gasteiger partial charge is 0.249 e. The summed E-state index contributed by atoms with van der Waals surface area (Å²) >= 11 is 2.30. The van der Waals surface area contributed by atoms with Crippen LogP contribution in [-0.2, 0) is 9.53 Å². The molecule has 1 rings (SSSR count). The highest BCUT2D eigenvalue weighted by molar-refractivity contribution is 14.1. The molecule has 1 N–H and O–H groups in total. The van der Waals surface area contributed by atoms with Crippen molar-refractivity contribution in [1.82, 2.24) is 5.32 Å². The number of amides is 1. The minimum absolute atomic E-state index is 0.0641. The molecule has 0 radical (unpaired) electrons. The van der Waals surface area contributed by atoms with Gasteiger partial charge in [-0.25, -0.2) is 0 Å². The zero-order valence-electron chi connectivity index (χ0n) is 7.88. The van der Waals surface area contributed by atoms with E-state index in [1.165, 1.54) is 0 Å². The number of nitrogens with one attached hydrogen (secondary N) is 1. The van der Waals surface area contributed by atoms with Gasteiger partial charge in [-0.3, -0.25) is 4.79 Å². The maximum atomic E-state index is 11.4. The van der Waals surface area contributed by atoms with Gasteiger partial charge < -0.3 is 10.1 Å². The van der Waals surface area contributed by atoms with Crippen molar-refractivity contribution in [2.24, 2.45) is 0 Å². The molecule has 0 saturated carbocycles. The average Bonchev–Trinajstić information content (AvgIpc) is 2.52. The van der Waals surface area contributed by atoms with Crippen LogP contribution < -0.4 is 5.32 Å². The van der Waals surface area contributed by atoms with Crippen molar-refractivity contribution in [2.45, 2.75) is 38.4 Å². The van der Waals surface area contributed by atoms with Gasteiger partial charge >= 0.3 is 0 Å². The Morgan fingerprint density at radius 3 is 2.92 bits per heavy atom. The number of rotatable bonds is 4. The van der Waals surface area contributed by atoms with Crippen LogP contribution in [0.2, 0.25) is 0 Å². The first-order valence-corrected chi connectivity index (χ1v) is 6.25. The second kappa shape index (κ2) is 5.80. The van der Waals surface area contributed by atoms with Crippen molar-refractivity contribution in [2.75, 3.05) is 11.0 Å². The molecule has 13 heavy (non-hydrogen) atoms. The molecule has 3 nitrogen and oxygen atoms in total. The summed E-state index contributed by atoms with van der Waals surface area (Å²) in [5, 5.41) is 2.88. The first-order chi connectivity index (χ1) is 6.24. The predicted octanol–water partition coefficient (Wildman–Crippen LogP) is 1.50. The molecule has 0 spiro atoms.